The standard InChI is InChI=1S/C20H31N5O/c1-5-21-20(22-10-6-12-25-13-7-11-24-25)23-15-18-9-8-17(4)14-19(18)26-16(2)3/h7-9,11,13-14,16H,5-6,10,12,15H2,1-4H3,(H2,21,22,23). The largest absolute Gasteiger partial charge is 0.491 e. The van der Waals surface area contributed by atoms with Gasteiger partial charge in [-0.2, -0.15) is 5.10 Å². The Morgan fingerprint density at radius 2 is 2.15 bits per heavy atom. The summed E-state index contributed by atoms with van der Waals surface area (Å²) in [6, 6.07) is 8.22. The Labute approximate surface area is 156 Å². The highest BCUT2D eigenvalue weighted by Crippen LogP contribution is 2.22. The van der Waals surface area contributed by atoms with Crippen molar-refractivity contribution < 1.29 is 4.74 Å². The number of guanidine groups is 1. The average molecular weight is 358 g/mol. The Morgan fingerprint density at radius 3 is 2.85 bits per heavy atom. The van der Waals surface area contributed by atoms with Gasteiger partial charge in [-0.15, -0.1) is 0 Å². The third-order valence-electron chi connectivity index (χ3n) is 3.75. The number of aromatic nitrogens is 2. The van der Waals surface area contributed by atoms with Crippen LogP contribution in [0.25, 0.3) is 0 Å². The molecule has 1 aromatic heterocycles. The molecule has 6 heteroatoms. The monoisotopic (exact) mass is 357 g/mol. The average Bonchev–Trinajstić information content (AvgIpc) is 3.10. The van der Waals surface area contributed by atoms with E-state index in [-0.39, 0.29) is 6.10 Å². The van der Waals surface area contributed by atoms with Crippen LogP contribution in [-0.4, -0.2) is 34.9 Å². The van der Waals surface area contributed by atoms with E-state index in [1.54, 1.807) is 6.20 Å². The summed E-state index contributed by atoms with van der Waals surface area (Å²) in [4.78, 5) is 4.71. The Hall–Kier alpha value is -2.50. The number of hydrogen-bond acceptors (Lipinski definition) is 3. The normalized spacial score (nSPS) is 11.7. The maximum absolute atomic E-state index is 5.94. The van der Waals surface area contributed by atoms with Crippen LogP contribution in [0.15, 0.2) is 41.7 Å². The van der Waals surface area contributed by atoms with Gasteiger partial charge >= 0.3 is 0 Å². The minimum atomic E-state index is 0.146. The number of nitrogens with zero attached hydrogens (tertiary/aromatic N) is 3. The van der Waals surface area contributed by atoms with Crippen molar-refractivity contribution in [1.29, 1.82) is 0 Å². The zero-order valence-corrected chi connectivity index (χ0v) is 16.3. The maximum atomic E-state index is 5.94. The van der Waals surface area contributed by atoms with Crippen LogP contribution in [0.5, 0.6) is 5.75 Å². The summed E-state index contributed by atoms with van der Waals surface area (Å²) in [5, 5.41) is 10.9. The van der Waals surface area contributed by atoms with Gasteiger partial charge in [-0.1, -0.05) is 12.1 Å². The van der Waals surface area contributed by atoms with Gasteiger partial charge < -0.3 is 15.4 Å². The van der Waals surface area contributed by atoms with Gasteiger partial charge in [0.15, 0.2) is 5.96 Å². The van der Waals surface area contributed by atoms with Gasteiger partial charge in [0.05, 0.1) is 12.6 Å². The van der Waals surface area contributed by atoms with E-state index in [4.69, 9.17) is 9.73 Å². The molecule has 0 atom stereocenters. The van der Waals surface area contributed by atoms with E-state index in [1.807, 2.05) is 30.8 Å². The van der Waals surface area contributed by atoms with E-state index in [0.29, 0.717) is 6.54 Å². The van der Waals surface area contributed by atoms with E-state index in [0.717, 1.165) is 43.3 Å². The molecule has 0 unspecified atom stereocenters. The fourth-order valence-electron chi connectivity index (χ4n) is 2.54. The summed E-state index contributed by atoms with van der Waals surface area (Å²) in [5.41, 5.74) is 2.29. The van der Waals surface area contributed by atoms with Gasteiger partial charge in [-0.3, -0.25) is 4.68 Å². The van der Waals surface area contributed by atoms with Gasteiger partial charge in [-0.25, -0.2) is 4.99 Å². The zero-order valence-electron chi connectivity index (χ0n) is 16.3. The highest BCUT2D eigenvalue weighted by molar-refractivity contribution is 5.79. The van der Waals surface area contributed by atoms with Gasteiger partial charge in [0, 0.05) is 37.6 Å². The van der Waals surface area contributed by atoms with Crippen molar-refractivity contribution in [2.45, 2.75) is 53.3 Å². The summed E-state index contributed by atoms with van der Waals surface area (Å²) in [5.74, 6) is 1.74. The van der Waals surface area contributed by atoms with Gasteiger partial charge in [0.1, 0.15) is 5.75 Å². The first-order chi connectivity index (χ1) is 12.6. The third-order valence-corrected chi connectivity index (χ3v) is 3.75. The van der Waals surface area contributed by atoms with Gasteiger partial charge in [-0.05, 0) is 51.8 Å². The minimum absolute atomic E-state index is 0.146. The molecule has 2 rings (SSSR count). The number of ether oxygens (including phenoxy) is 1. The minimum Gasteiger partial charge on any atom is -0.491 e. The molecule has 0 fully saturated rings. The van der Waals surface area contributed by atoms with E-state index in [2.05, 4.69) is 47.8 Å². The highest BCUT2D eigenvalue weighted by Gasteiger charge is 2.06. The lowest BCUT2D eigenvalue weighted by atomic mass is 10.1. The molecule has 1 aromatic carbocycles. The van der Waals surface area contributed by atoms with Crippen LogP contribution in [0.2, 0.25) is 0 Å². The van der Waals surface area contributed by atoms with Crippen molar-refractivity contribution in [3.8, 4) is 5.75 Å². The van der Waals surface area contributed by atoms with Crippen molar-refractivity contribution >= 4 is 5.96 Å². The van der Waals surface area contributed by atoms with Crippen LogP contribution in [0.1, 0.15) is 38.3 Å². The van der Waals surface area contributed by atoms with Crippen molar-refractivity contribution in [3.05, 3.63) is 47.8 Å². The fraction of sp³-hybridized carbons (Fsp3) is 0.500. The number of nitrogens with one attached hydrogen (secondary N) is 2. The van der Waals surface area contributed by atoms with Crippen LogP contribution in [0.3, 0.4) is 0 Å². The SMILES string of the molecule is CCNC(=NCc1ccc(C)cc1OC(C)C)NCCCn1cccn1. The summed E-state index contributed by atoms with van der Waals surface area (Å²) in [7, 11) is 0. The molecular formula is C20H31N5O. The number of rotatable bonds is 9. The molecule has 142 valence electrons. The highest BCUT2D eigenvalue weighted by atomic mass is 16.5. The molecule has 0 spiro atoms. The summed E-state index contributed by atoms with van der Waals surface area (Å²) >= 11 is 0. The van der Waals surface area contributed by atoms with Crippen molar-refractivity contribution in [2.24, 2.45) is 4.99 Å². The van der Waals surface area contributed by atoms with Crippen molar-refractivity contribution in [2.75, 3.05) is 13.1 Å². The Balaban J connectivity index is 1.93. The van der Waals surface area contributed by atoms with Gasteiger partial charge in [0.25, 0.3) is 0 Å². The number of aryl methyl sites for hydroxylation is 2. The topological polar surface area (TPSA) is 63.5 Å². The predicted molar refractivity (Wildman–Crippen MR) is 107 cm³/mol. The lowest BCUT2D eigenvalue weighted by molar-refractivity contribution is 0.240. The smallest absolute Gasteiger partial charge is 0.191 e. The van der Waals surface area contributed by atoms with Crippen LogP contribution in [0.4, 0.5) is 0 Å². The molecule has 0 aliphatic heterocycles. The molecule has 2 aromatic rings. The van der Waals surface area contributed by atoms with Crippen molar-refractivity contribution in [1.82, 2.24) is 20.4 Å². The molecule has 0 saturated carbocycles. The number of hydrogen-bond donors (Lipinski definition) is 2. The van der Waals surface area contributed by atoms with E-state index >= 15 is 0 Å². The second-order valence-corrected chi connectivity index (χ2v) is 6.52. The first-order valence-electron chi connectivity index (χ1n) is 9.34. The van der Waals surface area contributed by atoms with E-state index in [1.165, 1.54) is 5.56 Å². The Kier molecular flexibility index (Phi) is 7.99. The zero-order chi connectivity index (χ0) is 18.8. The Morgan fingerprint density at radius 1 is 1.31 bits per heavy atom. The van der Waals surface area contributed by atoms with Crippen LogP contribution >= 0.6 is 0 Å². The predicted octanol–water partition coefficient (Wildman–Crippen LogP) is 3.12. The second kappa shape index (κ2) is 10.5. The quantitative estimate of drug-likeness (QED) is 0.411. The number of aliphatic imine (C=N–C) groups is 1. The second-order valence-electron chi connectivity index (χ2n) is 6.52. The number of benzene rings is 1. The van der Waals surface area contributed by atoms with Gasteiger partial charge in [0.2, 0.25) is 0 Å². The molecule has 0 amide bonds. The molecular weight excluding hydrogens is 326 g/mol. The molecule has 1 heterocycles. The molecule has 6 nitrogen and oxygen atoms in total. The molecule has 0 radical (unpaired) electrons. The molecule has 0 bridgehead atoms. The van der Waals surface area contributed by atoms with Crippen LogP contribution in [-0.2, 0) is 13.1 Å². The molecule has 0 aliphatic rings. The summed E-state index contributed by atoms with van der Waals surface area (Å²) in [6.07, 6.45) is 4.91. The molecule has 2 N–H and O–H groups in total. The maximum Gasteiger partial charge on any atom is 0.191 e. The van der Waals surface area contributed by atoms with Crippen molar-refractivity contribution in [3.63, 3.8) is 0 Å². The Bertz CT molecular complexity index is 680. The first-order valence-corrected chi connectivity index (χ1v) is 9.34. The van der Waals surface area contributed by atoms with E-state index < -0.39 is 0 Å². The molecule has 26 heavy (non-hydrogen) atoms. The fourth-order valence-corrected chi connectivity index (χ4v) is 2.54. The summed E-state index contributed by atoms with van der Waals surface area (Å²) in [6.45, 7) is 11.4. The third kappa shape index (κ3) is 6.78. The lowest BCUT2D eigenvalue weighted by Gasteiger charge is -2.15. The lowest BCUT2D eigenvalue weighted by Crippen LogP contribution is -2.38. The summed E-state index contributed by atoms with van der Waals surface area (Å²) < 4.78 is 7.88. The molecule has 0 saturated heterocycles. The molecule has 0 aliphatic carbocycles. The van der Waals surface area contributed by atoms with Crippen LogP contribution < -0.4 is 15.4 Å². The van der Waals surface area contributed by atoms with E-state index in [9.17, 15) is 0 Å². The first kappa shape index (κ1) is 19.8. The van der Waals surface area contributed by atoms with Crippen LogP contribution in [0, 0.1) is 6.92 Å².